The van der Waals surface area contributed by atoms with Gasteiger partial charge in [0.15, 0.2) is 0 Å². The van der Waals surface area contributed by atoms with Crippen molar-refractivity contribution >= 4 is 17.5 Å². The molecular formula is C13H18ClNO2. The summed E-state index contributed by atoms with van der Waals surface area (Å²) in [5.41, 5.74) is -0.437. The van der Waals surface area contributed by atoms with Crippen LogP contribution in [-0.2, 0) is 0 Å². The Labute approximate surface area is 107 Å². The van der Waals surface area contributed by atoms with E-state index in [0.29, 0.717) is 17.1 Å². The van der Waals surface area contributed by atoms with Crippen LogP contribution in [0.2, 0.25) is 5.02 Å². The van der Waals surface area contributed by atoms with Crippen LogP contribution in [-0.4, -0.2) is 34.6 Å². The summed E-state index contributed by atoms with van der Waals surface area (Å²) >= 11 is 5.98. The van der Waals surface area contributed by atoms with E-state index in [-0.39, 0.29) is 12.5 Å². The van der Waals surface area contributed by atoms with Gasteiger partial charge >= 0.3 is 0 Å². The lowest BCUT2D eigenvalue weighted by Crippen LogP contribution is -2.42. The van der Waals surface area contributed by atoms with Gasteiger partial charge in [-0.1, -0.05) is 23.7 Å². The minimum Gasteiger partial charge on any atom is -0.389 e. The average Bonchev–Trinajstić information content (AvgIpc) is 2.24. The number of halogens is 1. The van der Waals surface area contributed by atoms with E-state index in [9.17, 15) is 9.90 Å². The van der Waals surface area contributed by atoms with Crippen LogP contribution >= 0.6 is 11.6 Å². The highest BCUT2D eigenvalue weighted by molar-refractivity contribution is 6.33. The summed E-state index contributed by atoms with van der Waals surface area (Å²) in [6.45, 7) is 6.05. The fourth-order valence-electron chi connectivity index (χ4n) is 1.60. The topological polar surface area (TPSA) is 40.5 Å². The van der Waals surface area contributed by atoms with Crippen LogP contribution in [0.1, 0.15) is 31.1 Å². The van der Waals surface area contributed by atoms with Crippen LogP contribution in [0.5, 0.6) is 0 Å². The molecule has 1 amide bonds. The molecule has 4 heteroatoms. The third kappa shape index (κ3) is 4.02. The lowest BCUT2D eigenvalue weighted by atomic mass is 10.1. The van der Waals surface area contributed by atoms with Crippen molar-refractivity contribution in [1.29, 1.82) is 0 Å². The normalized spacial score (nSPS) is 11.4. The van der Waals surface area contributed by atoms with Gasteiger partial charge in [0.2, 0.25) is 0 Å². The molecule has 0 fully saturated rings. The molecule has 1 rings (SSSR count). The van der Waals surface area contributed by atoms with Gasteiger partial charge in [0.1, 0.15) is 0 Å². The molecule has 1 N–H and O–H groups in total. The monoisotopic (exact) mass is 255 g/mol. The van der Waals surface area contributed by atoms with Gasteiger partial charge in [-0.2, -0.15) is 0 Å². The van der Waals surface area contributed by atoms with Crippen LogP contribution in [0.4, 0.5) is 0 Å². The summed E-state index contributed by atoms with van der Waals surface area (Å²) in [5, 5.41) is 10.2. The van der Waals surface area contributed by atoms with E-state index < -0.39 is 5.60 Å². The predicted molar refractivity (Wildman–Crippen MR) is 69.3 cm³/mol. The molecule has 0 bridgehead atoms. The lowest BCUT2D eigenvalue weighted by molar-refractivity contribution is 0.0315. The Morgan fingerprint density at radius 2 is 2.00 bits per heavy atom. The van der Waals surface area contributed by atoms with Crippen LogP contribution < -0.4 is 0 Å². The van der Waals surface area contributed by atoms with E-state index >= 15 is 0 Å². The molecule has 0 radical (unpaired) electrons. The molecule has 1 aromatic rings. The molecule has 17 heavy (non-hydrogen) atoms. The molecule has 0 unspecified atom stereocenters. The quantitative estimate of drug-likeness (QED) is 0.898. The average molecular weight is 256 g/mol. The first-order valence-electron chi connectivity index (χ1n) is 5.61. The smallest absolute Gasteiger partial charge is 0.255 e. The second kappa shape index (κ2) is 5.52. The SMILES string of the molecule is CCN(CC(C)(C)O)C(=O)c1ccccc1Cl. The summed E-state index contributed by atoms with van der Waals surface area (Å²) in [7, 11) is 0. The lowest BCUT2D eigenvalue weighted by Gasteiger charge is -2.28. The van der Waals surface area contributed by atoms with Gasteiger partial charge in [-0.3, -0.25) is 4.79 Å². The molecule has 0 aromatic heterocycles. The van der Waals surface area contributed by atoms with E-state index in [2.05, 4.69) is 0 Å². The Kier molecular flexibility index (Phi) is 4.54. The number of nitrogens with zero attached hydrogens (tertiary/aromatic N) is 1. The van der Waals surface area contributed by atoms with Gasteiger partial charge in [-0.25, -0.2) is 0 Å². The number of amides is 1. The molecule has 0 aliphatic carbocycles. The zero-order chi connectivity index (χ0) is 13.1. The maximum absolute atomic E-state index is 12.2. The number of aliphatic hydroxyl groups is 1. The standard InChI is InChI=1S/C13H18ClNO2/c1-4-15(9-13(2,3)17)12(16)10-7-5-6-8-11(10)14/h5-8,17H,4,9H2,1-3H3. The molecule has 0 aliphatic heterocycles. The van der Waals surface area contributed by atoms with Crippen molar-refractivity contribution in [2.24, 2.45) is 0 Å². The molecule has 0 atom stereocenters. The molecule has 94 valence electrons. The Hall–Kier alpha value is -1.06. The number of carbonyl (C=O) groups is 1. The van der Waals surface area contributed by atoms with Crippen molar-refractivity contribution in [1.82, 2.24) is 4.90 Å². The van der Waals surface area contributed by atoms with Crippen molar-refractivity contribution in [3.05, 3.63) is 34.9 Å². The molecule has 0 aliphatic rings. The van der Waals surface area contributed by atoms with Crippen LogP contribution in [0.3, 0.4) is 0 Å². The minimum absolute atomic E-state index is 0.153. The van der Waals surface area contributed by atoms with E-state index in [1.807, 2.05) is 6.92 Å². The minimum atomic E-state index is -0.910. The summed E-state index contributed by atoms with van der Waals surface area (Å²) in [6, 6.07) is 6.94. The number of hydrogen-bond acceptors (Lipinski definition) is 2. The van der Waals surface area contributed by atoms with Crippen molar-refractivity contribution in [3.63, 3.8) is 0 Å². The van der Waals surface area contributed by atoms with Gasteiger partial charge in [0, 0.05) is 13.1 Å². The zero-order valence-corrected chi connectivity index (χ0v) is 11.2. The highest BCUT2D eigenvalue weighted by Gasteiger charge is 2.23. The Bertz CT molecular complexity index is 399. The summed E-state index contributed by atoms with van der Waals surface area (Å²) in [5.74, 6) is -0.153. The van der Waals surface area contributed by atoms with Crippen LogP contribution in [0.15, 0.2) is 24.3 Å². The van der Waals surface area contributed by atoms with Gasteiger partial charge in [-0.15, -0.1) is 0 Å². The molecule has 0 saturated heterocycles. The van der Waals surface area contributed by atoms with Crippen LogP contribution in [0, 0.1) is 0 Å². The Morgan fingerprint density at radius 3 is 2.47 bits per heavy atom. The second-order valence-corrected chi connectivity index (χ2v) is 5.02. The van der Waals surface area contributed by atoms with Gasteiger partial charge < -0.3 is 10.0 Å². The third-order valence-corrected chi connectivity index (χ3v) is 2.68. The first kappa shape index (κ1) is 14.0. The first-order valence-corrected chi connectivity index (χ1v) is 5.99. The zero-order valence-electron chi connectivity index (χ0n) is 10.4. The number of benzene rings is 1. The van der Waals surface area contributed by atoms with Crippen molar-refractivity contribution in [2.45, 2.75) is 26.4 Å². The van der Waals surface area contributed by atoms with Gasteiger partial charge in [0.05, 0.1) is 16.2 Å². The number of hydrogen-bond donors (Lipinski definition) is 1. The van der Waals surface area contributed by atoms with Gasteiger partial charge in [-0.05, 0) is 32.9 Å². The van der Waals surface area contributed by atoms with Crippen molar-refractivity contribution in [2.75, 3.05) is 13.1 Å². The predicted octanol–water partition coefficient (Wildman–Crippen LogP) is 2.57. The molecule has 0 heterocycles. The highest BCUT2D eigenvalue weighted by Crippen LogP contribution is 2.18. The molecule has 3 nitrogen and oxygen atoms in total. The highest BCUT2D eigenvalue weighted by atomic mass is 35.5. The van der Waals surface area contributed by atoms with Crippen LogP contribution in [0.25, 0.3) is 0 Å². The van der Waals surface area contributed by atoms with Gasteiger partial charge in [0.25, 0.3) is 5.91 Å². The van der Waals surface area contributed by atoms with E-state index in [4.69, 9.17) is 11.6 Å². The molecular weight excluding hydrogens is 238 g/mol. The largest absolute Gasteiger partial charge is 0.389 e. The molecule has 0 saturated carbocycles. The summed E-state index contributed by atoms with van der Waals surface area (Å²) < 4.78 is 0. The van der Waals surface area contributed by atoms with Crippen molar-refractivity contribution in [3.8, 4) is 0 Å². The first-order chi connectivity index (χ1) is 7.85. The summed E-state index contributed by atoms with van der Waals surface area (Å²) in [4.78, 5) is 13.8. The van der Waals surface area contributed by atoms with Crippen molar-refractivity contribution < 1.29 is 9.90 Å². The second-order valence-electron chi connectivity index (χ2n) is 4.61. The maximum Gasteiger partial charge on any atom is 0.255 e. The Morgan fingerprint density at radius 1 is 1.41 bits per heavy atom. The Balaban J connectivity index is 2.91. The fraction of sp³-hybridized carbons (Fsp3) is 0.462. The number of rotatable bonds is 4. The number of carbonyl (C=O) groups excluding carboxylic acids is 1. The van der Waals surface area contributed by atoms with E-state index in [1.165, 1.54) is 0 Å². The molecule has 0 spiro atoms. The fourth-order valence-corrected chi connectivity index (χ4v) is 1.82. The maximum atomic E-state index is 12.2. The number of likely N-dealkylation sites (N-methyl/N-ethyl adjacent to an activating group) is 1. The van der Waals surface area contributed by atoms with E-state index in [0.717, 1.165) is 0 Å². The third-order valence-electron chi connectivity index (χ3n) is 2.35. The summed E-state index contributed by atoms with van der Waals surface area (Å²) in [6.07, 6.45) is 0. The molecule has 1 aromatic carbocycles. The van der Waals surface area contributed by atoms with E-state index in [1.54, 1.807) is 43.0 Å².